The van der Waals surface area contributed by atoms with Crippen LogP contribution in [0.5, 0.6) is 0 Å². The maximum atomic E-state index is 12.8. The number of rotatable bonds is 4. The largest absolute Gasteiger partial charge is 0.461 e. The Bertz CT molecular complexity index is 547. The molecule has 1 rings (SSSR count). The van der Waals surface area contributed by atoms with E-state index in [0.717, 1.165) is 0 Å². The second kappa shape index (κ2) is 5.36. The first-order valence-corrected chi connectivity index (χ1v) is 6.08. The molecule has 0 bridgehead atoms. The number of ether oxygens (including phenoxy) is 1. The second-order valence-corrected chi connectivity index (χ2v) is 4.75. The number of carbonyl (C=O) groups is 1. The molecular formula is C9H7F3O5S. The van der Waals surface area contributed by atoms with Gasteiger partial charge in [-0.3, -0.25) is 4.55 Å². The van der Waals surface area contributed by atoms with Crippen molar-refractivity contribution >= 4 is 16.1 Å². The van der Waals surface area contributed by atoms with Crippen LogP contribution in [0.3, 0.4) is 0 Å². The van der Waals surface area contributed by atoms with E-state index in [0.29, 0.717) is 12.1 Å². The molecule has 0 aliphatic carbocycles. The van der Waals surface area contributed by atoms with E-state index in [-0.39, 0.29) is 0 Å². The highest BCUT2D eigenvalue weighted by Gasteiger charge is 2.16. The van der Waals surface area contributed by atoms with Gasteiger partial charge in [0.05, 0.1) is 5.56 Å². The second-order valence-electron chi connectivity index (χ2n) is 3.18. The van der Waals surface area contributed by atoms with Crippen molar-refractivity contribution in [2.24, 2.45) is 0 Å². The Morgan fingerprint density at radius 3 is 2.17 bits per heavy atom. The lowest BCUT2D eigenvalue weighted by atomic mass is 10.2. The molecule has 1 N–H and O–H groups in total. The predicted molar refractivity (Wildman–Crippen MR) is 53.0 cm³/mol. The van der Waals surface area contributed by atoms with Gasteiger partial charge in [-0.2, -0.15) is 8.42 Å². The van der Waals surface area contributed by atoms with Gasteiger partial charge in [-0.15, -0.1) is 0 Å². The minimum absolute atomic E-state index is 0.411. The van der Waals surface area contributed by atoms with Crippen molar-refractivity contribution in [1.29, 1.82) is 0 Å². The molecule has 0 saturated heterocycles. The third-order valence-corrected chi connectivity index (χ3v) is 2.48. The highest BCUT2D eigenvalue weighted by atomic mass is 32.2. The molecule has 1 aromatic rings. The summed E-state index contributed by atoms with van der Waals surface area (Å²) in [5.41, 5.74) is -0.610. The van der Waals surface area contributed by atoms with E-state index in [1.807, 2.05) is 0 Å². The number of benzene rings is 1. The topological polar surface area (TPSA) is 80.7 Å². The summed E-state index contributed by atoms with van der Waals surface area (Å²) in [6, 6.07) is 0.822. The maximum absolute atomic E-state index is 12.8. The molecular weight excluding hydrogens is 277 g/mol. The number of hydrogen-bond acceptors (Lipinski definition) is 4. The summed E-state index contributed by atoms with van der Waals surface area (Å²) in [5.74, 6) is -6.97. The number of carbonyl (C=O) groups excluding carboxylic acids is 1. The van der Waals surface area contributed by atoms with Crippen molar-refractivity contribution in [3.8, 4) is 0 Å². The standard InChI is InChI=1S/C9H7F3O5S/c10-6-3-5(4-7(11)8(6)12)9(13)17-1-2-18(14,15)16/h3-4H,1-2H2,(H,14,15,16). The van der Waals surface area contributed by atoms with E-state index in [1.54, 1.807) is 0 Å². The molecule has 0 aliphatic heterocycles. The first-order chi connectivity index (χ1) is 8.20. The van der Waals surface area contributed by atoms with Crippen LogP contribution in [-0.4, -0.2) is 31.3 Å². The summed E-state index contributed by atoms with van der Waals surface area (Å²) in [6.45, 7) is -0.696. The molecule has 0 unspecified atom stereocenters. The Hall–Kier alpha value is -1.61. The maximum Gasteiger partial charge on any atom is 0.338 e. The van der Waals surface area contributed by atoms with Crippen LogP contribution in [0.1, 0.15) is 10.4 Å². The van der Waals surface area contributed by atoms with Crippen molar-refractivity contribution in [2.45, 2.75) is 0 Å². The molecule has 1 aromatic carbocycles. The van der Waals surface area contributed by atoms with E-state index in [9.17, 15) is 26.4 Å². The van der Waals surface area contributed by atoms with E-state index < -0.39 is 51.5 Å². The number of hydrogen-bond donors (Lipinski definition) is 1. The van der Waals surface area contributed by atoms with Crippen LogP contribution in [0.4, 0.5) is 13.2 Å². The van der Waals surface area contributed by atoms with Crippen molar-refractivity contribution in [2.75, 3.05) is 12.4 Å². The third-order valence-electron chi connectivity index (χ3n) is 1.79. The van der Waals surface area contributed by atoms with Gasteiger partial charge in [0.15, 0.2) is 17.5 Å². The van der Waals surface area contributed by atoms with Crippen LogP contribution >= 0.6 is 0 Å². The van der Waals surface area contributed by atoms with Gasteiger partial charge in [-0.25, -0.2) is 18.0 Å². The highest BCUT2D eigenvalue weighted by molar-refractivity contribution is 7.85. The third kappa shape index (κ3) is 4.00. The molecule has 0 atom stereocenters. The van der Waals surface area contributed by atoms with Crippen LogP contribution in [0.2, 0.25) is 0 Å². The summed E-state index contributed by atoms with van der Waals surface area (Å²) in [7, 11) is -4.31. The Morgan fingerprint density at radius 2 is 1.72 bits per heavy atom. The molecule has 18 heavy (non-hydrogen) atoms. The molecule has 0 fully saturated rings. The molecule has 0 amide bonds. The lowest BCUT2D eigenvalue weighted by molar-refractivity contribution is 0.0527. The molecule has 0 aliphatic rings. The quantitative estimate of drug-likeness (QED) is 0.509. The van der Waals surface area contributed by atoms with Crippen LogP contribution in [0, 0.1) is 17.5 Å². The van der Waals surface area contributed by atoms with E-state index in [4.69, 9.17) is 4.55 Å². The number of esters is 1. The van der Waals surface area contributed by atoms with E-state index >= 15 is 0 Å². The van der Waals surface area contributed by atoms with Gasteiger partial charge in [0, 0.05) is 0 Å². The van der Waals surface area contributed by atoms with Gasteiger partial charge in [0.2, 0.25) is 0 Å². The molecule has 5 nitrogen and oxygen atoms in total. The smallest absolute Gasteiger partial charge is 0.338 e. The Balaban J connectivity index is 2.74. The summed E-state index contributed by atoms with van der Waals surface area (Å²) in [5, 5.41) is 0. The van der Waals surface area contributed by atoms with E-state index in [1.165, 1.54) is 0 Å². The minimum Gasteiger partial charge on any atom is -0.461 e. The zero-order valence-corrected chi connectivity index (χ0v) is 9.51. The summed E-state index contributed by atoms with van der Waals surface area (Å²) in [6.07, 6.45) is 0. The average molecular weight is 284 g/mol. The van der Waals surface area contributed by atoms with Crippen molar-refractivity contribution in [1.82, 2.24) is 0 Å². The highest BCUT2D eigenvalue weighted by Crippen LogP contribution is 2.14. The zero-order valence-electron chi connectivity index (χ0n) is 8.69. The van der Waals surface area contributed by atoms with Crippen molar-refractivity contribution in [3.05, 3.63) is 35.1 Å². The van der Waals surface area contributed by atoms with Gasteiger partial charge >= 0.3 is 5.97 Å². The Morgan fingerprint density at radius 1 is 1.22 bits per heavy atom. The summed E-state index contributed by atoms with van der Waals surface area (Å²) >= 11 is 0. The fourth-order valence-corrected chi connectivity index (χ4v) is 1.29. The monoisotopic (exact) mass is 284 g/mol. The molecule has 100 valence electrons. The van der Waals surface area contributed by atoms with Crippen LogP contribution in [-0.2, 0) is 14.9 Å². The van der Waals surface area contributed by atoms with Gasteiger partial charge in [-0.1, -0.05) is 0 Å². The van der Waals surface area contributed by atoms with Crippen molar-refractivity contribution in [3.63, 3.8) is 0 Å². The minimum atomic E-state index is -4.31. The Labute approximate surface area is 99.9 Å². The Kier molecular flexibility index (Phi) is 4.30. The predicted octanol–water partition coefficient (Wildman–Crippen LogP) is 1.15. The van der Waals surface area contributed by atoms with Crippen LogP contribution in [0.15, 0.2) is 12.1 Å². The fraction of sp³-hybridized carbons (Fsp3) is 0.222. The lowest BCUT2D eigenvalue weighted by Gasteiger charge is -2.04. The van der Waals surface area contributed by atoms with Crippen molar-refractivity contribution < 1.29 is 35.7 Å². The van der Waals surface area contributed by atoms with E-state index in [2.05, 4.69) is 4.74 Å². The molecule has 0 saturated carbocycles. The van der Waals surface area contributed by atoms with Crippen LogP contribution in [0.25, 0.3) is 0 Å². The first kappa shape index (κ1) is 14.5. The fourth-order valence-electron chi connectivity index (χ4n) is 0.996. The molecule has 0 heterocycles. The molecule has 0 aromatic heterocycles. The number of halogens is 3. The molecule has 9 heteroatoms. The zero-order chi connectivity index (χ0) is 13.9. The first-order valence-electron chi connectivity index (χ1n) is 4.47. The van der Waals surface area contributed by atoms with Gasteiger partial charge in [-0.05, 0) is 12.1 Å². The molecule has 0 spiro atoms. The van der Waals surface area contributed by atoms with Gasteiger partial charge < -0.3 is 4.74 Å². The summed E-state index contributed by atoms with van der Waals surface area (Å²) < 4.78 is 71.3. The lowest BCUT2D eigenvalue weighted by Crippen LogP contribution is -2.15. The summed E-state index contributed by atoms with van der Waals surface area (Å²) in [4.78, 5) is 11.2. The van der Waals surface area contributed by atoms with Crippen LogP contribution < -0.4 is 0 Å². The SMILES string of the molecule is O=C(OCCS(=O)(=O)O)c1cc(F)c(F)c(F)c1. The normalized spacial score (nSPS) is 11.3. The van der Waals surface area contributed by atoms with Gasteiger partial charge in [0.1, 0.15) is 12.4 Å². The molecule has 0 radical (unpaired) electrons. The van der Waals surface area contributed by atoms with Gasteiger partial charge in [0.25, 0.3) is 10.1 Å². The average Bonchev–Trinajstić information content (AvgIpc) is 2.23.